The largest absolute Gasteiger partial charge is 0.493 e. The second-order valence-electron chi connectivity index (χ2n) is 10.3. The first-order valence-corrected chi connectivity index (χ1v) is 13.5. The zero-order valence-corrected chi connectivity index (χ0v) is 23.6. The third-order valence-corrected chi connectivity index (χ3v) is 6.85. The summed E-state index contributed by atoms with van der Waals surface area (Å²) in [5, 5.41) is 11.7. The van der Waals surface area contributed by atoms with E-state index in [1.165, 1.54) is 7.11 Å². The second-order valence-corrected chi connectivity index (χ2v) is 10.3. The summed E-state index contributed by atoms with van der Waals surface area (Å²) in [6.07, 6.45) is 6.33. The van der Waals surface area contributed by atoms with Gasteiger partial charge in [-0.3, -0.25) is 9.69 Å². The van der Waals surface area contributed by atoms with Gasteiger partial charge in [0, 0.05) is 52.2 Å². The number of methoxy groups -OCH3 is 2. The molecule has 1 unspecified atom stereocenters. The summed E-state index contributed by atoms with van der Waals surface area (Å²) in [5.74, 6) is 1.86. The van der Waals surface area contributed by atoms with Gasteiger partial charge in [0.1, 0.15) is 24.6 Å². The Kier molecular flexibility index (Phi) is 10.4. The van der Waals surface area contributed by atoms with E-state index in [0.717, 1.165) is 24.1 Å². The molecule has 40 heavy (non-hydrogen) atoms. The molecule has 3 aromatic rings. The maximum atomic E-state index is 12.7. The number of imidazole rings is 1. The minimum atomic E-state index is -1.27. The van der Waals surface area contributed by atoms with Crippen molar-refractivity contribution in [1.82, 2.24) is 19.4 Å². The van der Waals surface area contributed by atoms with E-state index < -0.39 is 5.60 Å². The van der Waals surface area contributed by atoms with Crippen molar-refractivity contribution < 1.29 is 28.8 Å². The zero-order chi connectivity index (χ0) is 28.4. The van der Waals surface area contributed by atoms with Crippen molar-refractivity contribution in [3.8, 4) is 17.2 Å². The van der Waals surface area contributed by atoms with Crippen molar-refractivity contribution in [3.05, 3.63) is 72.3 Å². The number of amides is 1. The summed E-state index contributed by atoms with van der Waals surface area (Å²) in [4.78, 5) is 20.6. The third-order valence-electron chi connectivity index (χ3n) is 6.85. The highest BCUT2D eigenvalue weighted by atomic mass is 16.5. The highest BCUT2D eigenvalue weighted by Crippen LogP contribution is 2.29. The Morgan fingerprint density at radius 2 is 1.88 bits per heavy atom. The van der Waals surface area contributed by atoms with Crippen LogP contribution in [0.3, 0.4) is 0 Å². The molecule has 1 atom stereocenters. The van der Waals surface area contributed by atoms with Crippen LogP contribution in [-0.2, 0) is 22.6 Å². The Morgan fingerprint density at radius 3 is 2.60 bits per heavy atom. The number of aromatic nitrogens is 2. The van der Waals surface area contributed by atoms with Crippen LogP contribution >= 0.6 is 0 Å². The summed E-state index contributed by atoms with van der Waals surface area (Å²) >= 11 is 0. The summed E-state index contributed by atoms with van der Waals surface area (Å²) < 4.78 is 24.7. The molecule has 1 N–H and O–H groups in total. The molecule has 0 bridgehead atoms. The lowest BCUT2D eigenvalue weighted by Gasteiger charge is -2.33. The van der Waals surface area contributed by atoms with Crippen LogP contribution in [0, 0.1) is 6.92 Å². The average Bonchev–Trinajstić information content (AvgIpc) is 3.41. The maximum Gasteiger partial charge on any atom is 0.248 e. The lowest BCUT2D eigenvalue weighted by molar-refractivity contribution is -0.138. The molecule has 1 saturated heterocycles. The van der Waals surface area contributed by atoms with Crippen LogP contribution < -0.4 is 14.2 Å². The maximum absolute atomic E-state index is 12.7. The summed E-state index contributed by atoms with van der Waals surface area (Å²) in [6.45, 7) is 5.55. The topological polar surface area (TPSA) is 98.5 Å². The fourth-order valence-corrected chi connectivity index (χ4v) is 4.78. The summed E-state index contributed by atoms with van der Waals surface area (Å²) in [7, 11) is 3.12. The minimum absolute atomic E-state index is 0.0319. The van der Waals surface area contributed by atoms with Crippen LogP contribution in [0.25, 0.3) is 0 Å². The van der Waals surface area contributed by atoms with Crippen molar-refractivity contribution in [1.29, 1.82) is 0 Å². The molecule has 4 rings (SSSR count). The number of benzene rings is 2. The normalized spacial score (nSPS) is 17.9. The Hall–Kier alpha value is -3.60. The Bertz CT molecular complexity index is 1200. The number of hydrogen-bond donors (Lipinski definition) is 1. The fourth-order valence-electron chi connectivity index (χ4n) is 4.78. The Morgan fingerprint density at radius 1 is 1.05 bits per heavy atom. The molecular formula is C30H40N4O6. The number of ether oxygens (including phenoxy) is 4. The molecule has 1 fully saturated rings. The third kappa shape index (κ3) is 8.45. The molecular weight excluding hydrogens is 512 g/mol. The van der Waals surface area contributed by atoms with Gasteiger partial charge in [-0.2, -0.15) is 0 Å². The zero-order valence-electron chi connectivity index (χ0n) is 23.6. The van der Waals surface area contributed by atoms with Crippen molar-refractivity contribution in [2.75, 3.05) is 60.2 Å². The number of aryl methyl sites for hydroxylation is 2. The van der Waals surface area contributed by atoms with Gasteiger partial charge in [0.15, 0.2) is 11.5 Å². The van der Waals surface area contributed by atoms with E-state index >= 15 is 0 Å². The van der Waals surface area contributed by atoms with Gasteiger partial charge in [-0.25, -0.2) is 4.98 Å². The molecule has 1 amide bonds. The first-order chi connectivity index (χ1) is 19.4. The summed E-state index contributed by atoms with van der Waals surface area (Å²) in [6, 6.07) is 13.6. The van der Waals surface area contributed by atoms with E-state index in [1.54, 1.807) is 24.5 Å². The van der Waals surface area contributed by atoms with Crippen LogP contribution in [0.5, 0.6) is 17.2 Å². The number of hydrogen-bond acceptors (Lipinski definition) is 8. The highest BCUT2D eigenvalue weighted by molar-refractivity contribution is 5.77. The molecule has 0 saturated carbocycles. The van der Waals surface area contributed by atoms with E-state index in [2.05, 4.69) is 9.88 Å². The van der Waals surface area contributed by atoms with Crippen LogP contribution in [0.1, 0.15) is 17.5 Å². The van der Waals surface area contributed by atoms with Gasteiger partial charge >= 0.3 is 0 Å². The van der Waals surface area contributed by atoms with Crippen LogP contribution in [0.15, 0.2) is 61.2 Å². The Balaban J connectivity index is 1.41. The minimum Gasteiger partial charge on any atom is -0.493 e. The first kappa shape index (κ1) is 29.4. The van der Waals surface area contributed by atoms with Crippen molar-refractivity contribution >= 4 is 5.91 Å². The van der Waals surface area contributed by atoms with E-state index in [0.29, 0.717) is 50.0 Å². The number of aliphatic hydroxyl groups is 1. The lowest BCUT2D eigenvalue weighted by Crippen LogP contribution is -2.52. The molecule has 1 aromatic heterocycles. The first-order valence-electron chi connectivity index (χ1n) is 13.5. The quantitative estimate of drug-likeness (QED) is 0.324. The number of carbonyl (C=O) groups is 1. The van der Waals surface area contributed by atoms with Gasteiger partial charge in [0.05, 0.1) is 26.6 Å². The lowest BCUT2D eigenvalue weighted by atomic mass is 10.0. The molecule has 2 aromatic carbocycles. The number of nitrogens with zero attached hydrogens (tertiary/aromatic N) is 4. The molecule has 10 nitrogen and oxygen atoms in total. The molecule has 1 aliphatic heterocycles. The van der Waals surface area contributed by atoms with Crippen molar-refractivity contribution in [2.24, 2.45) is 0 Å². The molecule has 10 heteroatoms. The second kappa shape index (κ2) is 14.2. The van der Waals surface area contributed by atoms with E-state index in [1.807, 2.05) is 60.2 Å². The summed E-state index contributed by atoms with van der Waals surface area (Å²) in [5.41, 5.74) is 0.873. The molecule has 216 valence electrons. The van der Waals surface area contributed by atoms with Gasteiger partial charge in [-0.15, -0.1) is 0 Å². The average molecular weight is 553 g/mol. The van der Waals surface area contributed by atoms with Crippen molar-refractivity contribution in [3.63, 3.8) is 0 Å². The highest BCUT2D eigenvalue weighted by Gasteiger charge is 2.37. The van der Waals surface area contributed by atoms with Gasteiger partial charge in [-0.1, -0.05) is 23.8 Å². The Labute approximate surface area is 236 Å². The fraction of sp³-hybridized carbons (Fsp3) is 0.467. The molecule has 1 aliphatic rings. The predicted octanol–water partition coefficient (Wildman–Crippen LogP) is 2.77. The number of rotatable bonds is 13. The van der Waals surface area contributed by atoms with Crippen LogP contribution in [-0.4, -0.2) is 96.2 Å². The molecule has 2 heterocycles. The van der Waals surface area contributed by atoms with Crippen LogP contribution in [0.4, 0.5) is 0 Å². The van der Waals surface area contributed by atoms with Gasteiger partial charge < -0.3 is 33.5 Å². The molecule has 0 aliphatic carbocycles. The van der Waals surface area contributed by atoms with E-state index in [4.69, 9.17) is 18.9 Å². The SMILES string of the molecule is COCC(=O)N1CCN(Cc2ccc(OCCCn3ccnc3)c(OC)c2)CC(O)(COc2ccc(C)cc2)C1. The van der Waals surface area contributed by atoms with Gasteiger partial charge in [0.25, 0.3) is 0 Å². The smallest absolute Gasteiger partial charge is 0.248 e. The van der Waals surface area contributed by atoms with Gasteiger partial charge in [-0.05, 0) is 43.2 Å². The van der Waals surface area contributed by atoms with E-state index in [-0.39, 0.29) is 25.7 Å². The molecule has 0 spiro atoms. The predicted molar refractivity (Wildman–Crippen MR) is 151 cm³/mol. The van der Waals surface area contributed by atoms with Crippen molar-refractivity contribution in [2.45, 2.75) is 32.0 Å². The van der Waals surface area contributed by atoms with E-state index in [9.17, 15) is 9.90 Å². The van der Waals surface area contributed by atoms with Crippen LogP contribution in [0.2, 0.25) is 0 Å². The monoisotopic (exact) mass is 552 g/mol. The molecule has 0 radical (unpaired) electrons. The number of carbonyl (C=O) groups excluding carboxylic acids is 1. The van der Waals surface area contributed by atoms with Gasteiger partial charge in [0.2, 0.25) is 5.91 Å². The number of β-amino-alcohol motifs (C(OH)–C–C–N with tert-alkyl or cyclic N) is 1. The standard InChI is InChI=1S/C30H40N4O6/c1-24-5-8-26(9-6-24)40-22-30(36)20-33(14-15-34(21-30)29(35)19-37-2)18-25-7-10-27(28(17-25)38-3)39-16-4-12-32-13-11-31-23-32/h5-11,13,17,23,36H,4,12,14-16,18-22H2,1-3H3.